The Morgan fingerprint density at radius 1 is 1.03 bits per heavy atom. The fraction of sp³-hybridized carbons (Fsp3) is 0.318. The van der Waals surface area contributed by atoms with Crippen LogP contribution >= 0.6 is 0 Å². The van der Waals surface area contributed by atoms with Crippen LogP contribution in [0.15, 0.2) is 48.5 Å². The van der Waals surface area contributed by atoms with Crippen molar-refractivity contribution in [1.82, 2.24) is 9.80 Å². The Bertz CT molecular complexity index is 909. The number of hydrogen-bond donors (Lipinski definition) is 0. The van der Waals surface area contributed by atoms with Gasteiger partial charge in [0.05, 0.1) is 24.3 Å². The van der Waals surface area contributed by atoms with Gasteiger partial charge in [0.15, 0.2) is 0 Å². The molecule has 0 aliphatic carbocycles. The summed E-state index contributed by atoms with van der Waals surface area (Å²) in [7, 11) is 0. The first kappa shape index (κ1) is 19.3. The Labute approximate surface area is 167 Å². The van der Waals surface area contributed by atoms with Crippen molar-refractivity contribution in [3.05, 3.63) is 71.0 Å². The average Bonchev–Trinajstić information content (AvgIpc) is 2.99. The van der Waals surface area contributed by atoms with Gasteiger partial charge in [-0.15, -0.1) is 0 Å². The van der Waals surface area contributed by atoms with Crippen LogP contribution in [0.4, 0.5) is 4.39 Å². The van der Waals surface area contributed by atoms with Gasteiger partial charge in [0.25, 0.3) is 11.8 Å². The van der Waals surface area contributed by atoms with E-state index in [1.54, 1.807) is 41.3 Å². The van der Waals surface area contributed by atoms with Gasteiger partial charge in [0, 0.05) is 19.5 Å². The molecule has 0 aromatic heterocycles. The zero-order valence-electron chi connectivity index (χ0n) is 15.8. The van der Waals surface area contributed by atoms with Crippen LogP contribution in [0.5, 0.6) is 0 Å². The number of rotatable bonds is 5. The molecular weight excluding hydrogens is 375 g/mol. The molecule has 6 nitrogen and oxygen atoms in total. The van der Waals surface area contributed by atoms with E-state index in [4.69, 9.17) is 4.74 Å². The van der Waals surface area contributed by atoms with Gasteiger partial charge in [-0.2, -0.15) is 0 Å². The summed E-state index contributed by atoms with van der Waals surface area (Å²) in [5, 5.41) is 0. The highest BCUT2D eigenvalue weighted by Crippen LogP contribution is 2.24. The lowest BCUT2D eigenvalue weighted by Crippen LogP contribution is -2.42. The number of amides is 3. The lowest BCUT2D eigenvalue weighted by molar-refractivity contribution is -0.139. The predicted molar refractivity (Wildman–Crippen MR) is 103 cm³/mol. The Kier molecular flexibility index (Phi) is 5.40. The largest absolute Gasteiger partial charge is 0.370 e. The van der Waals surface area contributed by atoms with Gasteiger partial charge in [0.1, 0.15) is 11.9 Å². The van der Waals surface area contributed by atoms with Crippen LogP contribution in [0.2, 0.25) is 0 Å². The predicted octanol–water partition coefficient (Wildman–Crippen LogP) is 2.80. The number of benzene rings is 2. The van der Waals surface area contributed by atoms with E-state index >= 15 is 0 Å². The maximum atomic E-state index is 13.1. The molecule has 2 aromatic carbocycles. The monoisotopic (exact) mass is 396 g/mol. The number of nitrogens with zero attached hydrogens (tertiary/aromatic N) is 2. The van der Waals surface area contributed by atoms with Crippen molar-refractivity contribution in [2.75, 3.05) is 26.2 Å². The Hall–Kier alpha value is -3.06. The smallest absolute Gasteiger partial charge is 0.261 e. The number of carbonyl (C=O) groups excluding carboxylic acids is 3. The van der Waals surface area contributed by atoms with Crippen molar-refractivity contribution in [1.29, 1.82) is 0 Å². The Balaban J connectivity index is 1.30. The molecule has 150 valence electrons. The molecule has 1 saturated heterocycles. The minimum Gasteiger partial charge on any atom is -0.370 e. The molecule has 2 aromatic rings. The fourth-order valence-electron chi connectivity index (χ4n) is 3.74. The number of halogens is 1. The van der Waals surface area contributed by atoms with Crippen molar-refractivity contribution >= 4 is 17.7 Å². The van der Waals surface area contributed by atoms with E-state index in [0.29, 0.717) is 37.2 Å². The van der Waals surface area contributed by atoms with Crippen LogP contribution in [0.3, 0.4) is 0 Å². The van der Waals surface area contributed by atoms with E-state index in [9.17, 15) is 18.8 Å². The van der Waals surface area contributed by atoms with Crippen molar-refractivity contribution in [3.8, 4) is 0 Å². The minimum absolute atomic E-state index is 0.0444. The number of morpholine rings is 1. The third-order valence-electron chi connectivity index (χ3n) is 5.31. The van der Waals surface area contributed by atoms with Gasteiger partial charge >= 0.3 is 0 Å². The maximum Gasteiger partial charge on any atom is 0.261 e. The first-order chi connectivity index (χ1) is 14.0. The Morgan fingerprint density at radius 2 is 1.69 bits per heavy atom. The number of hydrogen-bond acceptors (Lipinski definition) is 4. The molecule has 1 fully saturated rings. The molecule has 0 N–H and O–H groups in total. The average molecular weight is 396 g/mol. The summed E-state index contributed by atoms with van der Waals surface area (Å²) in [4.78, 5) is 40.3. The molecule has 2 aliphatic rings. The van der Waals surface area contributed by atoms with Gasteiger partial charge < -0.3 is 9.64 Å². The molecule has 3 amide bonds. The van der Waals surface area contributed by atoms with Crippen LogP contribution in [-0.2, 0) is 9.53 Å². The van der Waals surface area contributed by atoms with Gasteiger partial charge in [0.2, 0.25) is 5.91 Å². The second kappa shape index (κ2) is 8.13. The lowest BCUT2D eigenvalue weighted by Gasteiger charge is -2.33. The standard InChI is InChI=1S/C22H21FN2O4/c23-16-9-7-15(8-10-16)19-14-24(12-13-29-19)20(26)6-3-11-25-21(27)17-4-1-2-5-18(17)22(25)28/h1-2,4-5,7-10,19H,3,6,11-14H2. The molecule has 0 spiro atoms. The molecule has 2 heterocycles. The third kappa shape index (κ3) is 3.91. The first-order valence-corrected chi connectivity index (χ1v) is 9.64. The maximum absolute atomic E-state index is 13.1. The van der Waals surface area contributed by atoms with Gasteiger partial charge in [-0.25, -0.2) is 4.39 Å². The van der Waals surface area contributed by atoms with Gasteiger partial charge in [-0.05, 0) is 36.2 Å². The van der Waals surface area contributed by atoms with Crippen molar-refractivity contribution in [2.24, 2.45) is 0 Å². The van der Waals surface area contributed by atoms with Crippen LogP contribution < -0.4 is 0 Å². The highest BCUT2D eigenvalue weighted by Gasteiger charge is 2.34. The zero-order chi connectivity index (χ0) is 20.4. The van der Waals surface area contributed by atoms with Crippen molar-refractivity contribution in [2.45, 2.75) is 18.9 Å². The first-order valence-electron chi connectivity index (χ1n) is 9.64. The van der Waals surface area contributed by atoms with Crippen LogP contribution in [0.25, 0.3) is 0 Å². The zero-order valence-corrected chi connectivity index (χ0v) is 15.8. The minimum atomic E-state index is -0.314. The van der Waals surface area contributed by atoms with E-state index in [1.807, 2.05) is 0 Å². The number of carbonyl (C=O) groups is 3. The normalized spacial score (nSPS) is 18.9. The fourth-order valence-corrected chi connectivity index (χ4v) is 3.74. The molecule has 1 unspecified atom stereocenters. The van der Waals surface area contributed by atoms with E-state index in [1.165, 1.54) is 17.0 Å². The highest BCUT2D eigenvalue weighted by atomic mass is 19.1. The molecular formula is C22H21FN2O4. The summed E-state index contributed by atoms with van der Waals surface area (Å²) in [5.74, 6) is -0.968. The second-order valence-electron chi connectivity index (χ2n) is 7.16. The molecule has 2 aliphatic heterocycles. The van der Waals surface area contributed by atoms with E-state index in [-0.39, 0.29) is 42.6 Å². The molecule has 29 heavy (non-hydrogen) atoms. The number of fused-ring (bicyclic) bond motifs is 1. The van der Waals surface area contributed by atoms with E-state index < -0.39 is 0 Å². The second-order valence-corrected chi connectivity index (χ2v) is 7.16. The molecule has 1 atom stereocenters. The number of imide groups is 1. The quantitative estimate of drug-likeness (QED) is 0.729. The van der Waals surface area contributed by atoms with Gasteiger partial charge in [-0.3, -0.25) is 19.3 Å². The summed E-state index contributed by atoms with van der Waals surface area (Å²) >= 11 is 0. The molecule has 0 bridgehead atoms. The number of ether oxygens (including phenoxy) is 1. The van der Waals surface area contributed by atoms with Crippen LogP contribution in [0.1, 0.15) is 45.2 Å². The third-order valence-corrected chi connectivity index (χ3v) is 5.31. The van der Waals surface area contributed by atoms with Crippen LogP contribution in [-0.4, -0.2) is 53.8 Å². The van der Waals surface area contributed by atoms with Crippen molar-refractivity contribution in [3.63, 3.8) is 0 Å². The van der Waals surface area contributed by atoms with E-state index in [0.717, 1.165) is 5.56 Å². The van der Waals surface area contributed by atoms with Crippen molar-refractivity contribution < 1.29 is 23.5 Å². The Morgan fingerprint density at radius 3 is 2.34 bits per heavy atom. The molecule has 0 saturated carbocycles. The molecule has 4 rings (SSSR count). The van der Waals surface area contributed by atoms with E-state index in [2.05, 4.69) is 0 Å². The summed E-state index contributed by atoms with van der Waals surface area (Å²) in [6.45, 7) is 1.51. The summed E-state index contributed by atoms with van der Waals surface area (Å²) in [6, 6.07) is 12.8. The summed E-state index contributed by atoms with van der Waals surface area (Å²) in [6.07, 6.45) is 0.358. The molecule has 0 radical (unpaired) electrons. The summed E-state index contributed by atoms with van der Waals surface area (Å²) < 4.78 is 18.8. The topological polar surface area (TPSA) is 66.9 Å². The SMILES string of the molecule is O=C(CCCN1C(=O)c2ccccc2C1=O)N1CCOC(c2ccc(F)cc2)C1. The van der Waals surface area contributed by atoms with Crippen LogP contribution in [0, 0.1) is 5.82 Å². The molecule has 7 heteroatoms. The van der Waals surface area contributed by atoms with Gasteiger partial charge in [-0.1, -0.05) is 24.3 Å². The highest BCUT2D eigenvalue weighted by molar-refractivity contribution is 6.21. The lowest BCUT2D eigenvalue weighted by atomic mass is 10.1. The summed E-state index contributed by atoms with van der Waals surface area (Å²) in [5.41, 5.74) is 1.66.